The average molecular weight is 354 g/mol. The fourth-order valence-electron chi connectivity index (χ4n) is 3.20. The van der Waals surface area contributed by atoms with Gasteiger partial charge in [-0.3, -0.25) is 15.1 Å². The highest BCUT2D eigenvalue weighted by Crippen LogP contribution is 2.35. The van der Waals surface area contributed by atoms with Crippen LogP contribution in [-0.4, -0.2) is 26.2 Å². The van der Waals surface area contributed by atoms with Gasteiger partial charge in [-0.2, -0.15) is 5.26 Å². The van der Waals surface area contributed by atoms with Crippen molar-refractivity contribution >= 4 is 16.9 Å². The largest absolute Gasteiger partial charge is 0.492 e. The number of benzene rings is 1. The maximum absolute atomic E-state index is 9.12. The van der Waals surface area contributed by atoms with E-state index in [9.17, 15) is 0 Å². The molecule has 3 aromatic heterocycles. The van der Waals surface area contributed by atoms with Gasteiger partial charge < -0.3 is 4.74 Å². The van der Waals surface area contributed by atoms with Gasteiger partial charge in [0, 0.05) is 41.5 Å². The minimum atomic E-state index is 0.478. The number of aromatic nitrogens is 4. The standard InChI is InChI=1S/C20H14N6O/c21-9-13-3-4-16-18(8-13)27-7-5-14-10-23-20(24-19(14)16)25-26-11-15-2-1-6-22-17(15)12-26/h1-4,6,8,10-12H,5,7H2,(H,23,24,25). The molecular weight excluding hydrogens is 340 g/mol. The molecule has 27 heavy (non-hydrogen) atoms. The van der Waals surface area contributed by atoms with E-state index in [0.717, 1.165) is 27.7 Å². The molecule has 0 aliphatic carbocycles. The van der Waals surface area contributed by atoms with Crippen molar-refractivity contribution in [3.8, 4) is 23.1 Å². The van der Waals surface area contributed by atoms with Crippen molar-refractivity contribution in [3.05, 3.63) is 66.2 Å². The van der Waals surface area contributed by atoms with E-state index < -0.39 is 0 Å². The van der Waals surface area contributed by atoms with Crippen molar-refractivity contribution in [2.24, 2.45) is 0 Å². The highest BCUT2D eigenvalue weighted by atomic mass is 16.5. The van der Waals surface area contributed by atoms with Gasteiger partial charge in [-0.25, -0.2) is 9.97 Å². The van der Waals surface area contributed by atoms with Gasteiger partial charge in [-0.1, -0.05) is 0 Å². The molecule has 7 heteroatoms. The number of hydrogen-bond donors (Lipinski definition) is 1. The number of fused-ring (bicyclic) bond motifs is 4. The summed E-state index contributed by atoms with van der Waals surface area (Å²) in [7, 11) is 0. The highest BCUT2D eigenvalue weighted by Gasteiger charge is 2.18. The quantitative estimate of drug-likeness (QED) is 0.595. The topological polar surface area (TPSA) is 88.6 Å². The second-order valence-electron chi connectivity index (χ2n) is 6.24. The molecule has 7 nitrogen and oxygen atoms in total. The molecule has 5 rings (SSSR count). The van der Waals surface area contributed by atoms with Crippen LogP contribution in [0.4, 0.5) is 5.95 Å². The zero-order chi connectivity index (χ0) is 18.2. The number of ether oxygens (including phenoxy) is 1. The van der Waals surface area contributed by atoms with Crippen molar-refractivity contribution in [1.82, 2.24) is 19.6 Å². The van der Waals surface area contributed by atoms with E-state index in [0.29, 0.717) is 30.3 Å². The fourth-order valence-corrected chi connectivity index (χ4v) is 3.20. The number of anilines is 1. The highest BCUT2D eigenvalue weighted by molar-refractivity contribution is 5.78. The Bertz CT molecular complexity index is 1170. The van der Waals surface area contributed by atoms with Crippen molar-refractivity contribution in [2.45, 2.75) is 6.42 Å². The molecule has 1 aliphatic heterocycles. The zero-order valence-corrected chi connectivity index (χ0v) is 14.3. The first-order valence-corrected chi connectivity index (χ1v) is 8.53. The summed E-state index contributed by atoms with van der Waals surface area (Å²) in [6, 6.07) is 11.4. The third kappa shape index (κ3) is 2.73. The van der Waals surface area contributed by atoms with Gasteiger partial charge in [0.25, 0.3) is 0 Å². The first-order valence-electron chi connectivity index (χ1n) is 8.53. The van der Waals surface area contributed by atoms with Crippen LogP contribution < -0.4 is 10.2 Å². The molecule has 0 saturated heterocycles. The molecule has 0 fully saturated rings. The number of nitrogens with zero attached hydrogens (tertiary/aromatic N) is 5. The summed E-state index contributed by atoms with van der Waals surface area (Å²) in [6.07, 6.45) is 8.12. The number of rotatable bonds is 2. The van der Waals surface area contributed by atoms with Gasteiger partial charge in [-0.15, -0.1) is 0 Å². The number of nitriles is 1. The molecule has 0 spiro atoms. The Hall–Kier alpha value is -3.92. The van der Waals surface area contributed by atoms with E-state index in [2.05, 4.69) is 21.5 Å². The van der Waals surface area contributed by atoms with Crippen LogP contribution in [0, 0.1) is 11.3 Å². The Morgan fingerprint density at radius 1 is 1.19 bits per heavy atom. The minimum Gasteiger partial charge on any atom is -0.492 e. The fraction of sp³-hybridized carbons (Fsp3) is 0.100. The molecular formula is C20H14N6O. The summed E-state index contributed by atoms with van der Waals surface area (Å²) < 4.78 is 7.62. The number of pyridine rings is 1. The third-order valence-corrected chi connectivity index (χ3v) is 4.50. The van der Waals surface area contributed by atoms with Gasteiger partial charge in [0.05, 0.1) is 35.6 Å². The molecule has 0 saturated carbocycles. The molecule has 4 heterocycles. The summed E-state index contributed by atoms with van der Waals surface area (Å²) >= 11 is 0. The number of hydrogen-bond acceptors (Lipinski definition) is 6. The van der Waals surface area contributed by atoms with Gasteiger partial charge in [0.2, 0.25) is 5.95 Å². The van der Waals surface area contributed by atoms with Gasteiger partial charge >= 0.3 is 0 Å². The monoisotopic (exact) mass is 354 g/mol. The minimum absolute atomic E-state index is 0.478. The lowest BCUT2D eigenvalue weighted by Gasteiger charge is -2.10. The van der Waals surface area contributed by atoms with E-state index in [1.54, 1.807) is 23.0 Å². The van der Waals surface area contributed by atoms with E-state index in [-0.39, 0.29) is 0 Å². The van der Waals surface area contributed by atoms with Crippen molar-refractivity contribution in [1.29, 1.82) is 5.26 Å². The van der Waals surface area contributed by atoms with Crippen LogP contribution in [0.1, 0.15) is 11.1 Å². The Kier molecular flexibility index (Phi) is 3.47. The second kappa shape index (κ2) is 6.11. The summed E-state index contributed by atoms with van der Waals surface area (Å²) in [6.45, 7) is 0.527. The van der Waals surface area contributed by atoms with Crippen LogP contribution in [-0.2, 0) is 6.42 Å². The first kappa shape index (κ1) is 15.3. The van der Waals surface area contributed by atoms with Gasteiger partial charge in [-0.05, 0) is 30.3 Å². The molecule has 4 aromatic rings. The summed E-state index contributed by atoms with van der Waals surface area (Å²) in [5.41, 5.74) is 7.34. The molecule has 130 valence electrons. The third-order valence-electron chi connectivity index (χ3n) is 4.50. The van der Waals surface area contributed by atoms with E-state index in [1.807, 2.05) is 36.8 Å². The van der Waals surface area contributed by atoms with Crippen LogP contribution in [0.5, 0.6) is 5.75 Å². The van der Waals surface area contributed by atoms with Crippen molar-refractivity contribution in [2.75, 3.05) is 12.0 Å². The predicted octanol–water partition coefficient (Wildman–Crippen LogP) is 3.18. The van der Waals surface area contributed by atoms with Crippen molar-refractivity contribution in [3.63, 3.8) is 0 Å². The molecule has 1 aliphatic rings. The smallest absolute Gasteiger partial charge is 0.242 e. The van der Waals surface area contributed by atoms with Crippen LogP contribution in [0.2, 0.25) is 0 Å². The first-order chi connectivity index (χ1) is 13.3. The summed E-state index contributed by atoms with van der Waals surface area (Å²) in [5.74, 6) is 1.15. The lowest BCUT2D eigenvalue weighted by atomic mass is 10.0. The Morgan fingerprint density at radius 2 is 2.15 bits per heavy atom. The maximum Gasteiger partial charge on any atom is 0.242 e. The maximum atomic E-state index is 9.12. The van der Waals surface area contributed by atoms with Gasteiger partial charge in [0.15, 0.2) is 0 Å². The van der Waals surface area contributed by atoms with E-state index in [4.69, 9.17) is 15.0 Å². The number of nitrogens with one attached hydrogen (secondary N) is 1. The molecule has 0 amide bonds. The molecule has 0 unspecified atom stereocenters. The Morgan fingerprint density at radius 3 is 3.04 bits per heavy atom. The Balaban J connectivity index is 1.55. The molecule has 1 N–H and O–H groups in total. The van der Waals surface area contributed by atoms with Crippen LogP contribution >= 0.6 is 0 Å². The van der Waals surface area contributed by atoms with Crippen LogP contribution in [0.15, 0.2) is 55.1 Å². The summed E-state index contributed by atoms with van der Waals surface area (Å²) in [5, 5.41) is 10.2. The molecule has 0 atom stereocenters. The van der Waals surface area contributed by atoms with E-state index in [1.165, 1.54) is 0 Å². The lowest BCUT2D eigenvalue weighted by Crippen LogP contribution is -2.10. The summed E-state index contributed by atoms with van der Waals surface area (Å²) in [4.78, 5) is 13.5. The van der Waals surface area contributed by atoms with Crippen molar-refractivity contribution < 1.29 is 4.74 Å². The molecule has 0 radical (unpaired) electrons. The lowest BCUT2D eigenvalue weighted by molar-refractivity contribution is 0.326. The van der Waals surface area contributed by atoms with Gasteiger partial charge in [0.1, 0.15) is 5.75 Å². The molecule has 0 bridgehead atoms. The SMILES string of the molecule is N#Cc1ccc2c(c1)OCCc1cnc(Nn3cc4cccnc4c3)nc1-2. The normalized spacial score (nSPS) is 12.4. The second-order valence-corrected chi connectivity index (χ2v) is 6.24. The Labute approximate surface area is 154 Å². The predicted molar refractivity (Wildman–Crippen MR) is 100 cm³/mol. The molecule has 1 aromatic carbocycles. The average Bonchev–Trinajstić information content (AvgIpc) is 3.02. The van der Waals surface area contributed by atoms with E-state index >= 15 is 0 Å². The van der Waals surface area contributed by atoms with Crippen LogP contribution in [0.3, 0.4) is 0 Å². The van der Waals surface area contributed by atoms with Crippen LogP contribution in [0.25, 0.3) is 22.2 Å². The zero-order valence-electron chi connectivity index (χ0n) is 14.3.